The summed E-state index contributed by atoms with van der Waals surface area (Å²) in [5, 5.41) is 6.96. The lowest BCUT2D eigenvalue weighted by Gasteiger charge is -2.28. The van der Waals surface area contributed by atoms with Gasteiger partial charge in [-0.05, 0) is 74.3 Å². The molecule has 0 aliphatic carbocycles. The number of anilines is 1. The topological polar surface area (TPSA) is 67.9 Å². The second-order valence-corrected chi connectivity index (χ2v) is 8.59. The molecular formula is C25H30N4O3S. The third-order valence-corrected chi connectivity index (χ3v) is 6.01. The Bertz CT molecular complexity index is 1160. The van der Waals surface area contributed by atoms with Crippen LogP contribution in [0.1, 0.15) is 30.4 Å². The van der Waals surface area contributed by atoms with E-state index < -0.39 is 0 Å². The van der Waals surface area contributed by atoms with Crippen molar-refractivity contribution < 1.29 is 14.2 Å². The van der Waals surface area contributed by atoms with Crippen molar-refractivity contribution in [1.82, 2.24) is 15.4 Å². The van der Waals surface area contributed by atoms with E-state index in [-0.39, 0.29) is 0 Å². The Balaban J connectivity index is 1.55. The molecule has 3 aromatic rings. The summed E-state index contributed by atoms with van der Waals surface area (Å²) in [5.41, 5.74) is 7.06. The van der Waals surface area contributed by atoms with Gasteiger partial charge >= 0.3 is 0 Å². The lowest BCUT2D eigenvalue weighted by atomic mass is 10.1. The molecule has 0 spiro atoms. The predicted octanol–water partition coefficient (Wildman–Crippen LogP) is 5.35. The first-order valence-corrected chi connectivity index (χ1v) is 11.5. The number of nitrogens with one attached hydrogen (secondary N) is 2. The average molecular weight is 467 g/mol. The van der Waals surface area contributed by atoms with Crippen molar-refractivity contribution in [3.63, 3.8) is 0 Å². The highest BCUT2D eigenvalue weighted by Crippen LogP contribution is 2.38. The molecular weight excluding hydrogens is 436 g/mol. The zero-order valence-corrected chi connectivity index (χ0v) is 20.3. The number of rotatable bonds is 6. The Morgan fingerprint density at radius 3 is 2.36 bits per heavy atom. The van der Waals surface area contributed by atoms with Crippen molar-refractivity contribution in [2.24, 2.45) is 0 Å². The number of thiocarbonyl (C=S) groups is 1. The summed E-state index contributed by atoms with van der Waals surface area (Å²) in [5.74, 6) is 2.73. The van der Waals surface area contributed by atoms with E-state index in [2.05, 4.69) is 26.8 Å². The quantitative estimate of drug-likeness (QED) is 0.472. The molecule has 0 atom stereocenters. The van der Waals surface area contributed by atoms with Gasteiger partial charge in [-0.2, -0.15) is 0 Å². The number of nitrogens with zero attached hydrogens (tertiary/aromatic N) is 2. The first-order valence-electron chi connectivity index (χ1n) is 11.1. The van der Waals surface area contributed by atoms with E-state index in [1.165, 1.54) is 19.3 Å². The van der Waals surface area contributed by atoms with Crippen molar-refractivity contribution in [3.05, 3.63) is 47.7 Å². The molecule has 8 heteroatoms. The minimum absolute atomic E-state index is 0.606. The Labute approximate surface area is 200 Å². The average Bonchev–Trinajstić information content (AvgIpc) is 2.82. The van der Waals surface area contributed by atoms with Crippen LogP contribution in [-0.4, -0.2) is 42.4 Å². The highest BCUT2D eigenvalue weighted by atomic mass is 32.1. The molecule has 174 valence electrons. The highest BCUT2D eigenvalue weighted by Gasteiger charge is 2.15. The molecule has 33 heavy (non-hydrogen) atoms. The van der Waals surface area contributed by atoms with Gasteiger partial charge < -0.3 is 19.5 Å². The molecule has 2 N–H and O–H groups in total. The summed E-state index contributed by atoms with van der Waals surface area (Å²) >= 11 is 5.53. The van der Waals surface area contributed by atoms with Gasteiger partial charge in [0.2, 0.25) is 0 Å². The molecule has 2 aromatic carbocycles. The van der Waals surface area contributed by atoms with Gasteiger partial charge in [0.25, 0.3) is 0 Å². The number of aromatic nitrogens is 1. The molecule has 1 aliphatic rings. The van der Waals surface area contributed by atoms with Crippen molar-refractivity contribution in [2.45, 2.75) is 33.1 Å². The minimum atomic E-state index is 0.606. The first-order chi connectivity index (χ1) is 16.0. The van der Waals surface area contributed by atoms with Crippen molar-refractivity contribution >= 4 is 33.9 Å². The molecule has 0 bridgehead atoms. The van der Waals surface area contributed by atoms with E-state index in [0.29, 0.717) is 22.4 Å². The maximum Gasteiger partial charge on any atom is 0.185 e. The van der Waals surface area contributed by atoms with Gasteiger partial charge in [-0.25, -0.2) is 5.01 Å². The van der Waals surface area contributed by atoms with Crippen molar-refractivity contribution in [1.29, 1.82) is 0 Å². The largest absolute Gasteiger partial charge is 0.493 e. The van der Waals surface area contributed by atoms with Crippen LogP contribution >= 0.6 is 12.2 Å². The van der Waals surface area contributed by atoms with Crippen LogP contribution < -0.4 is 25.0 Å². The zero-order valence-electron chi connectivity index (χ0n) is 19.5. The third kappa shape index (κ3) is 5.29. The Hall–Kier alpha value is -3.10. The second-order valence-electron chi connectivity index (χ2n) is 8.18. The lowest BCUT2D eigenvalue weighted by Crippen LogP contribution is -2.46. The van der Waals surface area contributed by atoms with Gasteiger partial charge in [0.15, 0.2) is 16.6 Å². The van der Waals surface area contributed by atoms with Gasteiger partial charge in [0, 0.05) is 36.4 Å². The second kappa shape index (κ2) is 10.2. The van der Waals surface area contributed by atoms with E-state index >= 15 is 0 Å². The van der Waals surface area contributed by atoms with E-state index in [1.54, 1.807) is 20.4 Å². The van der Waals surface area contributed by atoms with Gasteiger partial charge in [-0.15, -0.1) is 0 Å². The number of benzene rings is 2. The summed E-state index contributed by atoms with van der Waals surface area (Å²) in [6, 6.07) is 9.67. The molecule has 1 fully saturated rings. The van der Waals surface area contributed by atoms with Crippen LogP contribution in [0.15, 0.2) is 36.5 Å². The van der Waals surface area contributed by atoms with Crippen LogP contribution in [-0.2, 0) is 0 Å². The van der Waals surface area contributed by atoms with Gasteiger partial charge in [-0.3, -0.25) is 10.4 Å². The van der Waals surface area contributed by atoms with E-state index in [4.69, 9.17) is 26.4 Å². The number of fused-ring (bicyclic) bond motifs is 1. The van der Waals surface area contributed by atoms with Crippen LogP contribution in [0.5, 0.6) is 23.0 Å². The van der Waals surface area contributed by atoms with E-state index in [0.717, 1.165) is 46.6 Å². The lowest BCUT2D eigenvalue weighted by molar-refractivity contribution is 0.196. The van der Waals surface area contributed by atoms with Gasteiger partial charge in [0.1, 0.15) is 11.5 Å². The molecule has 1 aromatic heterocycles. The molecule has 2 heterocycles. The Morgan fingerprint density at radius 1 is 0.909 bits per heavy atom. The monoisotopic (exact) mass is 466 g/mol. The number of pyridine rings is 1. The highest BCUT2D eigenvalue weighted by molar-refractivity contribution is 7.80. The first kappa shape index (κ1) is 23.1. The molecule has 7 nitrogen and oxygen atoms in total. The molecule has 0 saturated carbocycles. The van der Waals surface area contributed by atoms with Crippen LogP contribution in [0.3, 0.4) is 0 Å². The molecule has 0 unspecified atom stereocenters. The predicted molar refractivity (Wildman–Crippen MR) is 136 cm³/mol. The van der Waals surface area contributed by atoms with Crippen molar-refractivity contribution in [2.75, 3.05) is 32.6 Å². The number of hydrogen-bond acceptors (Lipinski definition) is 6. The Morgan fingerprint density at radius 2 is 1.64 bits per heavy atom. The Kier molecular flexibility index (Phi) is 7.15. The fourth-order valence-corrected chi connectivity index (χ4v) is 4.23. The summed E-state index contributed by atoms with van der Waals surface area (Å²) in [6.45, 7) is 6.09. The summed E-state index contributed by atoms with van der Waals surface area (Å²) in [6.07, 6.45) is 5.40. The van der Waals surface area contributed by atoms with Gasteiger partial charge in [-0.1, -0.05) is 6.42 Å². The summed E-state index contributed by atoms with van der Waals surface area (Å²) in [7, 11) is 3.23. The molecule has 0 radical (unpaired) electrons. The number of hydrogen-bond donors (Lipinski definition) is 2. The number of ether oxygens (including phenoxy) is 3. The number of piperidine rings is 1. The van der Waals surface area contributed by atoms with E-state index in [1.807, 2.05) is 38.1 Å². The normalized spacial score (nSPS) is 14.1. The molecule has 1 saturated heterocycles. The maximum atomic E-state index is 6.34. The van der Waals surface area contributed by atoms with Crippen LogP contribution in [0, 0.1) is 13.8 Å². The minimum Gasteiger partial charge on any atom is -0.493 e. The molecule has 4 rings (SSSR count). The van der Waals surface area contributed by atoms with Gasteiger partial charge in [0.05, 0.1) is 19.7 Å². The maximum absolute atomic E-state index is 6.34. The number of methoxy groups -OCH3 is 2. The van der Waals surface area contributed by atoms with Crippen molar-refractivity contribution in [3.8, 4) is 23.0 Å². The number of aryl methyl sites for hydroxylation is 2. The van der Waals surface area contributed by atoms with Crippen LogP contribution in [0.2, 0.25) is 0 Å². The third-order valence-electron chi connectivity index (χ3n) is 5.81. The summed E-state index contributed by atoms with van der Waals surface area (Å²) < 4.78 is 17.2. The standard InChI is InChI=1S/C25H30N4O3S/c1-16-13-22(17(2)12-19(16)27-25(33)28-29-10-6-5-7-11-29)32-21-8-9-26-20-15-24(31-4)23(30-3)14-18(20)21/h8-9,12-15H,5-7,10-11H2,1-4H3,(H2,27,28,33). The fraction of sp³-hybridized carbons (Fsp3) is 0.360. The summed E-state index contributed by atoms with van der Waals surface area (Å²) in [4.78, 5) is 4.45. The van der Waals surface area contributed by atoms with Crippen LogP contribution in [0.25, 0.3) is 10.9 Å². The zero-order chi connectivity index (χ0) is 23.4. The molecule has 1 aliphatic heterocycles. The van der Waals surface area contributed by atoms with Crippen LogP contribution in [0.4, 0.5) is 5.69 Å². The number of hydrazine groups is 1. The van der Waals surface area contributed by atoms with E-state index in [9.17, 15) is 0 Å². The molecule has 0 amide bonds. The fourth-order valence-electron chi connectivity index (χ4n) is 3.99. The SMILES string of the molecule is COc1cc2nccc(Oc3cc(C)c(NC(=S)NN4CCCCC4)cc3C)c2cc1OC. The smallest absolute Gasteiger partial charge is 0.185 e.